The average Bonchev–Trinajstić information content (AvgIpc) is 3.01. The second-order valence-electron chi connectivity index (χ2n) is 5.91. The lowest BCUT2D eigenvalue weighted by Crippen LogP contribution is -2.44. The zero-order chi connectivity index (χ0) is 13.2. The predicted molar refractivity (Wildman–Crippen MR) is 73.0 cm³/mol. The molecule has 2 aliphatic rings. The summed E-state index contributed by atoms with van der Waals surface area (Å²) in [5.74, 6) is 2.63. The van der Waals surface area contributed by atoms with E-state index in [2.05, 4.69) is 19.7 Å². The van der Waals surface area contributed by atoms with Crippen LogP contribution in [0.4, 0.5) is 0 Å². The first-order valence-electron chi connectivity index (χ1n) is 7.42. The molecule has 5 nitrogen and oxygen atoms in total. The second kappa shape index (κ2) is 5.59. The molecule has 3 heterocycles. The van der Waals surface area contributed by atoms with Gasteiger partial charge in [-0.3, -0.25) is 4.90 Å². The summed E-state index contributed by atoms with van der Waals surface area (Å²) in [6.07, 6.45) is 3.81. The van der Waals surface area contributed by atoms with Crippen molar-refractivity contribution in [1.29, 1.82) is 0 Å². The molecule has 0 aromatic carbocycles. The van der Waals surface area contributed by atoms with Crippen LogP contribution in [0.5, 0.6) is 0 Å². The molecule has 5 heteroatoms. The maximum Gasteiger partial charge on any atom is 0.147 e. The number of piperidine rings is 1. The number of aryl methyl sites for hydroxylation is 2. The fraction of sp³-hybridized carbons (Fsp3) is 0.857. The Balaban J connectivity index is 1.60. The van der Waals surface area contributed by atoms with Crippen LogP contribution < -0.4 is 0 Å². The Morgan fingerprint density at radius 2 is 2.21 bits per heavy atom. The lowest BCUT2D eigenvalue weighted by atomic mass is 9.96. The zero-order valence-corrected chi connectivity index (χ0v) is 12.0. The van der Waals surface area contributed by atoms with Crippen LogP contribution in [0.15, 0.2) is 0 Å². The topological polar surface area (TPSA) is 43.2 Å². The number of aromatic nitrogens is 3. The molecule has 0 aliphatic carbocycles. The van der Waals surface area contributed by atoms with E-state index >= 15 is 0 Å². The summed E-state index contributed by atoms with van der Waals surface area (Å²) in [5.41, 5.74) is 0. The quantitative estimate of drug-likeness (QED) is 0.827. The van der Waals surface area contributed by atoms with Crippen LogP contribution >= 0.6 is 0 Å². The highest BCUT2D eigenvalue weighted by molar-refractivity contribution is 4.89. The van der Waals surface area contributed by atoms with Crippen molar-refractivity contribution in [2.75, 3.05) is 26.3 Å². The molecule has 0 saturated carbocycles. The lowest BCUT2D eigenvalue weighted by molar-refractivity contribution is 0.0961. The Morgan fingerprint density at radius 1 is 1.32 bits per heavy atom. The maximum atomic E-state index is 5.52. The van der Waals surface area contributed by atoms with Gasteiger partial charge in [0.2, 0.25) is 0 Å². The summed E-state index contributed by atoms with van der Waals surface area (Å²) in [4.78, 5) is 7.02. The predicted octanol–water partition coefficient (Wildman–Crippen LogP) is 1.40. The van der Waals surface area contributed by atoms with E-state index in [-0.39, 0.29) is 0 Å². The van der Waals surface area contributed by atoms with Crippen molar-refractivity contribution >= 4 is 0 Å². The van der Waals surface area contributed by atoms with Gasteiger partial charge in [0.05, 0.1) is 6.61 Å². The molecular weight excluding hydrogens is 240 g/mol. The average molecular weight is 264 g/mol. The number of rotatable bonds is 3. The fourth-order valence-corrected chi connectivity index (χ4v) is 3.37. The Labute approximate surface area is 114 Å². The molecule has 0 N–H and O–H groups in total. The molecular formula is C14H24N4O. The van der Waals surface area contributed by atoms with Gasteiger partial charge in [-0.25, -0.2) is 9.67 Å². The van der Waals surface area contributed by atoms with Gasteiger partial charge in [0.15, 0.2) is 0 Å². The van der Waals surface area contributed by atoms with Crippen LogP contribution in [-0.4, -0.2) is 52.0 Å². The molecule has 2 fully saturated rings. The number of hydrogen-bond acceptors (Lipinski definition) is 4. The second-order valence-corrected chi connectivity index (χ2v) is 5.91. The standard InChI is InChI=1S/C14H24N4O/c1-11-15-12(2)18(16-11)9-13-4-3-6-17(8-13)14-5-7-19-10-14/h13-14H,3-10H2,1-2H3/t13-,14+/m1/s1. The van der Waals surface area contributed by atoms with E-state index < -0.39 is 0 Å². The highest BCUT2D eigenvalue weighted by Crippen LogP contribution is 2.23. The highest BCUT2D eigenvalue weighted by atomic mass is 16.5. The SMILES string of the molecule is Cc1nc(C)n(C[C@@H]2CCCN([C@H]3CCOC3)C2)n1. The van der Waals surface area contributed by atoms with Crippen molar-refractivity contribution in [3.8, 4) is 0 Å². The van der Waals surface area contributed by atoms with E-state index in [0.29, 0.717) is 12.0 Å². The first kappa shape index (κ1) is 13.1. The minimum Gasteiger partial charge on any atom is -0.380 e. The van der Waals surface area contributed by atoms with Gasteiger partial charge in [-0.05, 0) is 45.6 Å². The molecule has 0 bridgehead atoms. The molecule has 0 spiro atoms. The Bertz CT molecular complexity index is 425. The molecule has 0 radical (unpaired) electrons. The Morgan fingerprint density at radius 3 is 2.89 bits per heavy atom. The van der Waals surface area contributed by atoms with Crippen molar-refractivity contribution in [3.63, 3.8) is 0 Å². The number of likely N-dealkylation sites (tertiary alicyclic amines) is 1. The molecule has 1 aromatic heterocycles. The van der Waals surface area contributed by atoms with Gasteiger partial charge in [-0.15, -0.1) is 0 Å². The molecule has 1 aromatic rings. The van der Waals surface area contributed by atoms with Gasteiger partial charge in [-0.1, -0.05) is 0 Å². The molecule has 2 saturated heterocycles. The molecule has 2 atom stereocenters. The minimum atomic E-state index is 0.654. The third-order valence-corrected chi connectivity index (χ3v) is 4.37. The van der Waals surface area contributed by atoms with Gasteiger partial charge in [0.1, 0.15) is 11.6 Å². The van der Waals surface area contributed by atoms with Crippen molar-refractivity contribution in [1.82, 2.24) is 19.7 Å². The summed E-state index contributed by atoms with van der Waals surface area (Å²) in [6.45, 7) is 9.31. The maximum absolute atomic E-state index is 5.52. The number of ether oxygens (including phenoxy) is 1. The van der Waals surface area contributed by atoms with Crippen molar-refractivity contribution in [2.24, 2.45) is 5.92 Å². The van der Waals surface area contributed by atoms with Crippen LogP contribution in [0.3, 0.4) is 0 Å². The minimum absolute atomic E-state index is 0.654. The summed E-state index contributed by atoms with van der Waals surface area (Å²) >= 11 is 0. The largest absolute Gasteiger partial charge is 0.380 e. The van der Waals surface area contributed by atoms with Gasteiger partial charge in [-0.2, -0.15) is 5.10 Å². The third kappa shape index (κ3) is 2.98. The molecule has 3 rings (SSSR count). The summed E-state index contributed by atoms with van der Waals surface area (Å²) in [6, 6.07) is 0.654. The molecule has 2 aliphatic heterocycles. The fourth-order valence-electron chi connectivity index (χ4n) is 3.37. The van der Waals surface area contributed by atoms with Crippen LogP contribution in [0, 0.1) is 19.8 Å². The van der Waals surface area contributed by atoms with E-state index in [1.54, 1.807) is 0 Å². The van der Waals surface area contributed by atoms with Gasteiger partial charge in [0, 0.05) is 25.7 Å². The van der Waals surface area contributed by atoms with E-state index in [0.717, 1.165) is 31.4 Å². The van der Waals surface area contributed by atoms with Gasteiger partial charge >= 0.3 is 0 Å². The zero-order valence-electron chi connectivity index (χ0n) is 12.0. The molecule has 0 unspecified atom stereocenters. The van der Waals surface area contributed by atoms with E-state index in [1.165, 1.54) is 32.4 Å². The van der Waals surface area contributed by atoms with E-state index in [1.807, 2.05) is 13.8 Å². The summed E-state index contributed by atoms with van der Waals surface area (Å²) in [5, 5.41) is 4.49. The molecule has 19 heavy (non-hydrogen) atoms. The lowest BCUT2D eigenvalue weighted by Gasteiger charge is -2.36. The summed E-state index contributed by atoms with van der Waals surface area (Å²) in [7, 11) is 0. The highest BCUT2D eigenvalue weighted by Gasteiger charge is 2.28. The third-order valence-electron chi connectivity index (χ3n) is 4.37. The first-order valence-corrected chi connectivity index (χ1v) is 7.42. The van der Waals surface area contributed by atoms with Crippen LogP contribution in [-0.2, 0) is 11.3 Å². The Hall–Kier alpha value is -0.940. The van der Waals surface area contributed by atoms with Crippen molar-refractivity contribution < 1.29 is 4.74 Å². The van der Waals surface area contributed by atoms with Crippen molar-refractivity contribution in [2.45, 2.75) is 45.7 Å². The summed E-state index contributed by atoms with van der Waals surface area (Å²) < 4.78 is 7.60. The van der Waals surface area contributed by atoms with Crippen LogP contribution in [0.2, 0.25) is 0 Å². The smallest absolute Gasteiger partial charge is 0.147 e. The first-order chi connectivity index (χ1) is 9.22. The van der Waals surface area contributed by atoms with E-state index in [4.69, 9.17) is 4.74 Å². The van der Waals surface area contributed by atoms with Crippen LogP contribution in [0.1, 0.15) is 30.9 Å². The van der Waals surface area contributed by atoms with Crippen LogP contribution in [0.25, 0.3) is 0 Å². The van der Waals surface area contributed by atoms with Crippen molar-refractivity contribution in [3.05, 3.63) is 11.6 Å². The number of nitrogens with zero attached hydrogens (tertiary/aromatic N) is 4. The normalized spacial score (nSPS) is 28.9. The number of hydrogen-bond donors (Lipinski definition) is 0. The van der Waals surface area contributed by atoms with Gasteiger partial charge < -0.3 is 4.74 Å². The Kier molecular flexibility index (Phi) is 3.84. The van der Waals surface area contributed by atoms with E-state index in [9.17, 15) is 0 Å². The molecule has 106 valence electrons. The monoisotopic (exact) mass is 264 g/mol. The molecule has 0 amide bonds. The van der Waals surface area contributed by atoms with Gasteiger partial charge in [0.25, 0.3) is 0 Å².